The lowest BCUT2D eigenvalue weighted by molar-refractivity contribution is -0.0312. The van der Waals surface area contributed by atoms with Crippen molar-refractivity contribution in [3.05, 3.63) is 35.4 Å². The summed E-state index contributed by atoms with van der Waals surface area (Å²) in [6.45, 7) is 4.82. The third kappa shape index (κ3) is 3.49. The second-order valence-corrected chi connectivity index (χ2v) is 4.91. The van der Waals surface area contributed by atoms with Gasteiger partial charge in [0.25, 0.3) is 0 Å². The van der Waals surface area contributed by atoms with Crippen LogP contribution in [-0.2, 0) is 4.74 Å². The van der Waals surface area contributed by atoms with E-state index in [9.17, 15) is 8.78 Å². The van der Waals surface area contributed by atoms with Crippen LogP contribution in [0.25, 0.3) is 0 Å². The van der Waals surface area contributed by atoms with E-state index in [1.807, 2.05) is 0 Å². The maximum Gasteiger partial charge on any atom is 0.163 e. The lowest BCUT2D eigenvalue weighted by Crippen LogP contribution is -2.45. The van der Waals surface area contributed by atoms with Crippen molar-refractivity contribution < 1.29 is 13.5 Å². The fourth-order valence-electron chi connectivity index (χ4n) is 2.38. The molecule has 0 aromatic heterocycles. The van der Waals surface area contributed by atoms with Crippen LogP contribution in [0.15, 0.2) is 18.2 Å². The van der Waals surface area contributed by atoms with Crippen molar-refractivity contribution in [3.63, 3.8) is 0 Å². The van der Waals surface area contributed by atoms with Crippen molar-refractivity contribution in [2.45, 2.75) is 25.5 Å². The molecule has 1 heterocycles. The summed E-state index contributed by atoms with van der Waals surface area (Å²) >= 11 is 0. The van der Waals surface area contributed by atoms with Crippen molar-refractivity contribution in [2.24, 2.45) is 5.73 Å². The van der Waals surface area contributed by atoms with Gasteiger partial charge in [-0.2, -0.15) is 0 Å². The number of hydrogen-bond acceptors (Lipinski definition) is 3. The van der Waals surface area contributed by atoms with Crippen molar-refractivity contribution in [2.75, 3.05) is 26.2 Å². The number of nitrogens with zero attached hydrogens (tertiary/aromatic N) is 1. The van der Waals surface area contributed by atoms with E-state index in [-0.39, 0.29) is 11.7 Å². The standard InChI is InChI=1S/C14H20F2N2O/c1-2-10-8-18(6-7-19-10)9-13(17)11-4-3-5-12(15)14(11)16/h3-5,10,13H,2,6-9,17H2,1H3. The van der Waals surface area contributed by atoms with E-state index in [1.54, 1.807) is 6.07 Å². The molecule has 2 rings (SSSR count). The Hall–Kier alpha value is -1.04. The Morgan fingerprint density at radius 2 is 2.26 bits per heavy atom. The average Bonchev–Trinajstić information content (AvgIpc) is 2.42. The molecule has 1 aromatic rings. The molecule has 0 aliphatic carbocycles. The minimum absolute atomic E-state index is 0.207. The molecular weight excluding hydrogens is 250 g/mol. The van der Waals surface area contributed by atoms with Gasteiger partial charge in [0.05, 0.1) is 12.7 Å². The topological polar surface area (TPSA) is 38.5 Å². The first-order valence-corrected chi connectivity index (χ1v) is 6.65. The van der Waals surface area contributed by atoms with E-state index in [0.29, 0.717) is 13.2 Å². The minimum atomic E-state index is -0.846. The van der Waals surface area contributed by atoms with Gasteiger partial charge < -0.3 is 10.5 Å². The molecule has 2 unspecified atom stereocenters. The summed E-state index contributed by atoms with van der Waals surface area (Å²) in [4.78, 5) is 2.15. The number of hydrogen-bond donors (Lipinski definition) is 1. The van der Waals surface area contributed by atoms with Crippen LogP contribution in [0.1, 0.15) is 24.9 Å². The summed E-state index contributed by atoms with van der Waals surface area (Å²) in [5, 5.41) is 0. The number of halogens is 2. The van der Waals surface area contributed by atoms with Crippen LogP contribution in [-0.4, -0.2) is 37.2 Å². The van der Waals surface area contributed by atoms with Gasteiger partial charge in [0.15, 0.2) is 11.6 Å². The zero-order valence-corrected chi connectivity index (χ0v) is 11.1. The van der Waals surface area contributed by atoms with E-state index < -0.39 is 17.7 Å². The third-order valence-corrected chi connectivity index (χ3v) is 3.51. The molecular formula is C14H20F2N2O. The van der Waals surface area contributed by atoms with Gasteiger partial charge in [0.2, 0.25) is 0 Å². The predicted octanol–water partition coefficient (Wildman–Crippen LogP) is 2.08. The number of rotatable bonds is 4. The Kier molecular flexibility index (Phi) is 4.85. The van der Waals surface area contributed by atoms with Crippen LogP contribution in [0.4, 0.5) is 8.78 Å². The summed E-state index contributed by atoms with van der Waals surface area (Å²) < 4.78 is 32.4. The molecule has 0 amide bonds. The zero-order chi connectivity index (χ0) is 13.8. The molecule has 1 aliphatic heterocycles. The molecule has 1 aliphatic rings. The quantitative estimate of drug-likeness (QED) is 0.910. The molecule has 0 radical (unpaired) electrons. The van der Waals surface area contributed by atoms with Crippen LogP contribution in [0.3, 0.4) is 0 Å². The molecule has 1 saturated heterocycles. The molecule has 1 aromatic carbocycles. The smallest absolute Gasteiger partial charge is 0.163 e. The van der Waals surface area contributed by atoms with Crippen molar-refractivity contribution in [1.29, 1.82) is 0 Å². The number of ether oxygens (including phenoxy) is 1. The van der Waals surface area contributed by atoms with Crippen LogP contribution < -0.4 is 5.73 Å². The second kappa shape index (κ2) is 6.41. The Morgan fingerprint density at radius 3 is 3.00 bits per heavy atom. The van der Waals surface area contributed by atoms with Gasteiger partial charge in [-0.05, 0) is 12.5 Å². The number of nitrogens with two attached hydrogens (primary N) is 1. The van der Waals surface area contributed by atoms with Crippen LogP contribution in [0.2, 0.25) is 0 Å². The van der Waals surface area contributed by atoms with Gasteiger partial charge in [-0.3, -0.25) is 4.90 Å². The highest BCUT2D eigenvalue weighted by Gasteiger charge is 2.22. The second-order valence-electron chi connectivity index (χ2n) is 4.91. The molecule has 19 heavy (non-hydrogen) atoms. The summed E-state index contributed by atoms with van der Waals surface area (Å²) in [7, 11) is 0. The molecule has 2 atom stereocenters. The monoisotopic (exact) mass is 270 g/mol. The summed E-state index contributed by atoms with van der Waals surface area (Å²) in [5.74, 6) is -1.68. The lowest BCUT2D eigenvalue weighted by atomic mass is 10.1. The Labute approximate surface area is 112 Å². The molecule has 0 spiro atoms. The third-order valence-electron chi connectivity index (χ3n) is 3.51. The maximum atomic E-state index is 13.7. The predicted molar refractivity (Wildman–Crippen MR) is 69.8 cm³/mol. The van der Waals surface area contributed by atoms with E-state index in [4.69, 9.17) is 10.5 Å². The van der Waals surface area contributed by atoms with Gasteiger partial charge in [-0.25, -0.2) is 8.78 Å². The van der Waals surface area contributed by atoms with E-state index in [1.165, 1.54) is 6.07 Å². The van der Waals surface area contributed by atoms with Crippen LogP contribution in [0, 0.1) is 11.6 Å². The highest BCUT2D eigenvalue weighted by atomic mass is 19.2. The van der Waals surface area contributed by atoms with Gasteiger partial charge in [0.1, 0.15) is 0 Å². The Morgan fingerprint density at radius 1 is 1.47 bits per heavy atom. The van der Waals surface area contributed by atoms with E-state index in [0.717, 1.165) is 25.6 Å². The molecule has 5 heteroatoms. The maximum absolute atomic E-state index is 13.7. The summed E-state index contributed by atoms with van der Waals surface area (Å²) in [6, 6.07) is 3.61. The SMILES string of the molecule is CCC1CN(CC(N)c2cccc(F)c2F)CCO1. The summed E-state index contributed by atoms with van der Waals surface area (Å²) in [5.41, 5.74) is 6.23. The molecule has 106 valence electrons. The van der Waals surface area contributed by atoms with Gasteiger partial charge >= 0.3 is 0 Å². The van der Waals surface area contributed by atoms with Crippen molar-refractivity contribution in [1.82, 2.24) is 4.90 Å². The fourth-order valence-corrected chi connectivity index (χ4v) is 2.38. The highest BCUT2D eigenvalue weighted by Crippen LogP contribution is 2.19. The van der Waals surface area contributed by atoms with Gasteiger partial charge in [0, 0.05) is 31.2 Å². The first kappa shape index (κ1) is 14.4. The first-order valence-electron chi connectivity index (χ1n) is 6.65. The van der Waals surface area contributed by atoms with Crippen molar-refractivity contribution >= 4 is 0 Å². The van der Waals surface area contributed by atoms with E-state index in [2.05, 4.69) is 11.8 Å². The largest absolute Gasteiger partial charge is 0.376 e. The van der Waals surface area contributed by atoms with Crippen molar-refractivity contribution in [3.8, 4) is 0 Å². The highest BCUT2D eigenvalue weighted by molar-refractivity contribution is 5.22. The number of benzene rings is 1. The Bertz CT molecular complexity index is 428. The molecule has 0 bridgehead atoms. The zero-order valence-electron chi connectivity index (χ0n) is 11.1. The number of morpholine rings is 1. The normalized spacial score (nSPS) is 22.4. The average molecular weight is 270 g/mol. The Balaban J connectivity index is 2.00. The molecule has 3 nitrogen and oxygen atoms in total. The van der Waals surface area contributed by atoms with Crippen LogP contribution in [0.5, 0.6) is 0 Å². The minimum Gasteiger partial charge on any atom is -0.376 e. The summed E-state index contributed by atoms with van der Waals surface area (Å²) in [6.07, 6.45) is 1.15. The van der Waals surface area contributed by atoms with Gasteiger partial charge in [-0.15, -0.1) is 0 Å². The van der Waals surface area contributed by atoms with Gasteiger partial charge in [-0.1, -0.05) is 19.1 Å². The molecule has 2 N–H and O–H groups in total. The lowest BCUT2D eigenvalue weighted by Gasteiger charge is -2.34. The molecule has 1 fully saturated rings. The van der Waals surface area contributed by atoms with E-state index >= 15 is 0 Å². The molecule has 0 saturated carbocycles. The fraction of sp³-hybridized carbons (Fsp3) is 0.571. The van der Waals surface area contributed by atoms with Crippen LogP contribution >= 0.6 is 0 Å². The first-order chi connectivity index (χ1) is 9.11.